The Hall–Kier alpha value is -2.16. The lowest BCUT2D eigenvalue weighted by Gasteiger charge is -2.09. The molecule has 1 aliphatic heterocycles. The van der Waals surface area contributed by atoms with Crippen LogP contribution in [0.3, 0.4) is 0 Å². The lowest BCUT2D eigenvalue weighted by atomic mass is 9.98. The van der Waals surface area contributed by atoms with Crippen molar-refractivity contribution < 1.29 is 9.13 Å². The molecule has 0 aliphatic carbocycles. The quantitative estimate of drug-likeness (QED) is 0.801. The van der Waals surface area contributed by atoms with Crippen molar-refractivity contribution in [2.24, 2.45) is 4.99 Å². The normalized spacial score (nSPS) is 16.9. The molecule has 1 atom stereocenters. The van der Waals surface area contributed by atoms with Gasteiger partial charge in [0.15, 0.2) is 0 Å². The van der Waals surface area contributed by atoms with Gasteiger partial charge in [0.2, 0.25) is 5.90 Å². The van der Waals surface area contributed by atoms with Gasteiger partial charge >= 0.3 is 0 Å². The van der Waals surface area contributed by atoms with E-state index in [1.807, 2.05) is 31.2 Å². The molecule has 0 bridgehead atoms. The number of aliphatic imine (C=N–C) groups is 1. The predicted octanol–water partition coefficient (Wildman–Crippen LogP) is 3.71. The van der Waals surface area contributed by atoms with Crippen LogP contribution in [0.2, 0.25) is 0 Å². The summed E-state index contributed by atoms with van der Waals surface area (Å²) in [4.78, 5) is 4.62. The minimum Gasteiger partial charge on any atom is -0.478 e. The number of halogens is 1. The lowest BCUT2D eigenvalue weighted by Crippen LogP contribution is -2.03. The molecule has 0 aromatic heterocycles. The molecule has 0 saturated heterocycles. The first-order chi connectivity index (χ1) is 9.29. The fraction of sp³-hybridized carbons (Fsp3) is 0.188. The highest BCUT2D eigenvalue weighted by molar-refractivity contribution is 5.98. The molecule has 0 N–H and O–H groups in total. The van der Waals surface area contributed by atoms with E-state index in [0.29, 0.717) is 12.5 Å². The Labute approximate surface area is 111 Å². The van der Waals surface area contributed by atoms with Crippen molar-refractivity contribution >= 4 is 5.90 Å². The van der Waals surface area contributed by atoms with Crippen LogP contribution in [0.5, 0.6) is 0 Å². The van der Waals surface area contributed by atoms with Gasteiger partial charge in [-0.05, 0) is 36.2 Å². The van der Waals surface area contributed by atoms with Gasteiger partial charge < -0.3 is 4.74 Å². The second kappa shape index (κ2) is 4.84. The number of ether oxygens (including phenoxy) is 1. The summed E-state index contributed by atoms with van der Waals surface area (Å²) >= 11 is 0. The fourth-order valence-electron chi connectivity index (χ4n) is 2.34. The van der Waals surface area contributed by atoms with E-state index in [1.54, 1.807) is 12.1 Å². The average molecular weight is 255 g/mol. The highest BCUT2D eigenvalue weighted by Gasteiger charge is 2.26. The van der Waals surface area contributed by atoms with Crippen LogP contribution in [0.15, 0.2) is 53.5 Å². The number of hydrogen-bond acceptors (Lipinski definition) is 2. The summed E-state index contributed by atoms with van der Waals surface area (Å²) in [7, 11) is 0. The molecule has 3 heteroatoms. The number of fused-ring (bicyclic) bond motifs is 1. The van der Waals surface area contributed by atoms with Gasteiger partial charge in [0, 0.05) is 5.56 Å². The largest absolute Gasteiger partial charge is 0.478 e. The Morgan fingerprint density at radius 1 is 1.11 bits per heavy atom. The molecule has 2 nitrogen and oxygen atoms in total. The van der Waals surface area contributed by atoms with Crippen LogP contribution in [0, 0.1) is 5.82 Å². The first-order valence-corrected chi connectivity index (χ1v) is 6.35. The Morgan fingerprint density at radius 3 is 2.58 bits per heavy atom. The standard InChI is InChI=1S/C16H14FNO/c1-2-19-16-14-6-4-3-5-13(14)15(18-16)11-7-9-12(17)10-8-11/h3-10,15H,2H2,1H3. The van der Waals surface area contributed by atoms with Crippen molar-refractivity contribution in [2.45, 2.75) is 13.0 Å². The van der Waals surface area contributed by atoms with Crippen LogP contribution in [0.25, 0.3) is 0 Å². The second-order valence-corrected chi connectivity index (χ2v) is 4.41. The Morgan fingerprint density at radius 2 is 1.84 bits per heavy atom. The van der Waals surface area contributed by atoms with E-state index in [-0.39, 0.29) is 11.9 Å². The van der Waals surface area contributed by atoms with E-state index in [9.17, 15) is 4.39 Å². The third-order valence-electron chi connectivity index (χ3n) is 3.20. The van der Waals surface area contributed by atoms with Gasteiger partial charge in [-0.15, -0.1) is 0 Å². The molecular weight excluding hydrogens is 241 g/mol. The van der Waals surface area contributed by atoms with Crippen molar-refractivity contribution in [3.63, 3.8) is 0 Å². The highest BCUT2D eigenvalue weighted by atomic mass is 19.1. The molecule has 3 rings (SSSR count). The van der Waals surface area contributed by atoms with Crippen molar-refractivity contribution in [2.75, 3.05) is 6.61 Å². The lowest BCUT2D eigenvalue weighted by molar-refractivity contribution is 0.328. The maximum Gasteiger partial charge on any atom is 0.217 e. The van der Waals surface area contributed by atoms with E-state index in [4.69, 9.17) is 4.74 Å². The maximum absolute atomic E-state index is 13.0. The Kier molecular flexibility index (Phi) is 3.03. The molecule has 19 heavy (non-hydrogen) atoms. The fourth-order valence-corrected chi connectivity index (χ4v) is 2.34. The number of hydrogen-bond donors (Lipinski definition) is 0. The summed E-state index contributed by atoms with van der Waals surface area (Å²) < 4.78 is 18.6. The summed E-state index contributed by atoms with van der Waals surface area (Å²) in [5.74, 6) is 0.441. The molecule has 1 heterocycles. The first-order valence-electron chi connectivity index (χ1n) is 6.35. The van der Waals surface area contributed by atoms with Gasteiger partial charge in [-0.25, -0.2) is 9.38 Å². The van der Waals surface area contributed by atoms with E-state index >= 15 is 0 Å². The zero-order valence-electron chi connectivity index (χ0n) is 10.6. The van der Waals surface area contributed by atoms with Crippen LogP contribution < -0.4 is 0 Å². The minimum atomic E-state index is -0.232. The van der Waals surface area contributed by atoms with Crippen molar-refractivity contribution in [3.05, 3.63) is 71.0 Å². The van der Waals surface area contributed by atoms with Crippen LogP contribution in [-0.4, -0.2) is 12.5 Å². The van der Waals surface area contributed by atoms with E-state index in [1.165, 1.54) is 12.1 Å². The van der Waals surface area contributed by atoms with Gasteiger partial charge in [0.25, 0.3) is 0 Å². The Balaban J connectivity index is 2.05. The van der Waals surface area contributed by atoms with E-state index in [2.05, 4.69) is 4.99 Å². The average Bonchev–Trinajstić information content (AvgIpc) is 2.80. The summed E-state index contributed by atoms with van der Waals surface area (Å²) in [6.45, 7) is 2.53. The van der Waals surface area contributed by atoms with Gasteiger partial charge in [-0.3, -0.25) is 0 Å². The summed E-state index contributed by atoms with van der Waals surface area (Å²) in [5.41, 5.74) is 3.11. The molecule has 96 valence electrons. The smallest absolute Gasteiger partial charge is 0.217 e. The predicted molar refractivity (Wildman–Crippen MR) is 72.8 cm³/mol. The molecular formula is C16H14FNO. The number of rotatable bonds is 2. The molecule has 0 saturated carbocycles. The molecule has 1 unspecified atom stereocenters. The molecule has 2 aromatic rings. The van der Waals surface area contributed by atoms with E-state index < -0.39 is 0 Å². The van der Waals surface area contributed by atoms with Crippen LogP contribution in [0.4, 0.5) is 4.39 Å². The van der Waals surface area contributed by atoms with Crippen molar-refractivity contribution in [1.29, 1.82) is 0 Å². The second-order valence-electron chi connectivity index (χ2n) is 4.41. The SMILES string of the molecule is CCOC1=NC(c2ccc(F)cc2)c2ccccc21. The Bertz CT molecular complexity index is 619. The summed E-state index contributed by atoms with van der Waals surface area (Å²) in [6.07, 6.45) is 0. The topological polar surface area (TPSA) is 21.6 Å². The van der Waals surface area contributed by atoms with Crippen LogP contribution >= 0.6 is 0 Å². The van der Waals surface area contributed by atoms with Gasteiger partial charge in [-0.1, -0.05) is 30.3 Å². The highest BCUT2D eigenvalue weighted by Crippen LogP contribution is 2.35. The van der Waals surface area contributed by atoms with Crippen molar-refractivity contribution in [1.82, 2.24) is 0 Å². The van der Waals surface area contributed by atoms with Crippen LogP contribution in [0.1, 0.15) is 29.7 Å². The molecule has 0 spiro atoms. The number of benzene rings is 2. The van der Waals surface area contributed by atoms with Gasteiger partial charge in [0.1, 0.15) is 11.9 Å². The van der Waals surface area contributed by atoms with Gasteiger partial charge in [-0.2, -0.15) is 0 Å². The first kappa shape index (κ1) is 11.9. The maximum atomic E-state index is 13.0. The third-order valence-corrected chi connectivity index (χ3v) is 3.20. The minimum absolute atomic E-state index is 0.0988. The van der Waals surface area contributed by atoms with Crippen molar-refractivity contribution in [3.8, 4) is 0 Å². The summed E-state index contributed by atoms with van der Waals surface area (Å²) in [5, 5.41) is 0. The van der Waals surface area contributed by atoms with E-state index in [0.717, 1.165) is 16.7 Å². The molecule has 2 aromatic carbocycles. The summed E-state index contributed by atoms with van der Waals surface area (Å²) in [6, 6.07) is 14.4. The molecule has 0 radical (unpaired) electrons. The molecule has 1 aliphatic rings. The monoisotopic (exact) mass is 255 g/mol. The zero-order chi connectivity index (χ0) is 13.2. The number of nitrogens with zero attached hydrogens (tertiary/aromatic N) is 1. The van der Waals surface area contributed by atoms with Crippen LogP contribution in [-0.2, 0) is 4.74 Å². The van der Waals surface area contributed by atoms with Gasteiger partial charge in [0.05, 0.1) is 6.61 Å². The zero-order valence-corrected chi connectivity index (χ0v) is 10.6. The molecule has 0 fully saturated rings. The third kappa shape index (κ3) is 2.12. The molecule has 0 amide bonds.